The summed E-state index contributed by atoms with van der Waals surface area (Å²) in [6.45, 7) is 8.90. The van der Waals surface area contributed by atoms with Gasteiger partial charge in [-0.3, -0.25) is 9.69 Å². The number of imidazole rings is 1. The lowest BCUT2D eigenvalue weighted by Crippen LogP contribution is -2.44. The highest BCUT2D eigenvalue weighted by molar-refractivity contribution is 7.20. The molecule has 2 aliphatic rings. The molecule has 1 aromatic carbocycles. The Morgan fingerprint density at radius 2 is 1.91 bits per heavy atom. The van der Waals surface area contributed by atoms with Crippen LogP contribution in [-0.2, 0) is 9.53 Å². The molecule has 0 saturated carbocycles. The van der Waals surface area contributed by atoms with Gasteiger partial charge < -0.3 is 15.0 Å². The topological polar surface area (TPSA) is 75.0 Å². The summed E-state index contributed by atoms with van der Waals surface area (Å²) in [6.07, 6.45) is 3.72. The molecular weight excluding hydrogens is 424 g/mol. The maximum Gasteiger partial charge on any atom is 0.223 e. The van der Waals surface area contributed by atoms with Crippen LogP contribution < -0.4 is 10.2 Å². The monoisotopic (exact) mass is 454 g/mol. The van der Waals surface area contributed by atoms with Crippen LogP contribution in [0.15, 0.2) is 30.5 Å². The molecule has 0 aliphatic carbocycles. The van der Waals surface area contributed by atoms with Gasteiger partial charge in [0.15, 0.2) is 0 Å². The number of aryl methyl sites for hydroxylation is 1. The van der Waals surface area contributed by atoms with Crippen molar-refractivity contribution in [3.63, 3.8) is 0 Å². The summed E-state index contributed by atoms with van der Waals surface area (Å²) < 4.78 is 7.24. The predicted molar refractivity (Wildman–Crippen MR) is 126 cm³/mol. The van der Waals surface area contributed by atoms with Crippen molar-refractivity contribution in [2.24, 2.45) is 5.92 Å². The molecular formula is C23H30N6O2S. The average molecular weight is 455 g/mol. The van der Waals surface area contributed by atoms with Crippen molar-refractivity contribution in [3.8, 4) is 11.3 Å². The molecule has 0 bridgehead atoms. The number of carbonyl (C=O) groups is 1. The molecule has 0 unspecified atom stereocenters. The highest BCUT2D eigenvalue weighted by Crippen LogP contribution is 2.29. The van der Waals surface area contributed by atoms with Crippen LogP contribution in [0.25, 0.3) is 16.2 Å². The molecule has 4 heterocycles. The fraction of sp³-hybridized carbons (Fsp3) is 0.522. The number of hydrogen-bond acceptors (Lipinski definition) is 7. The average Bonchev–Trinajstić information content (AvgIpc) is 3.40. The van der Waals surface area contributed by atoms with E-state index >= 15 is 0 Å². The molecule has 2 fully saturated rings. The highest BCUT2D eigenvalue weighted by Gasteiger charge is 2.27. The van der Waals surface area contributed by atoms with Crippen molar-refractivity contribution in [1.82, 2.24) is 24.8 Å². The summed E-state index contributed by atoms with van der Waals surface area (Å²) in [5.74, 6) is 0.280. The van der Waals surface area contributed by atoms with Gasteiger partial charge in [0.1, 0.15) is 0 Å². The van der Waals surface area contributed by atoms with Gasteiger partial charge >= 0.3 is 0 Å². The number of aromatic nitrogens is 3. The first kappa shape index (κ1) is 21.4. The highest BCUT2D eigenvalue weighted by atomic mass is 32.1. The van der Waals surface area contributed by atoms with E-state index in [0.29, 0.717) is 6.54 Å². The van der Waals surface area contributed by atoms with E-state index < -0.39 is 0 Å². The van der Waals surface area contributed by atoms with Crippen molar-refractivity contribution >= 4 is 27.3 Å². The SMILES string of the molecule is Cc1ccc(-c2cn3nc(N4CCC(C(=O)NCCN5CCOCC5)CC4)sc3n2)cc1. The lowest BCUT2D eigenvalue weighted by atomic mass is 9.96. The van der Waals surface area contributed by atoms with E-state index in [0.717, 1.165) is 80.1 Å². The fourth-order valence-electron chi connectivity index (χ4n) is 4.32. The Morgan fingerprint density at radius 3 is 2.62 bits per heavy atom. The van der Waals surface area contributed by atoms with Gasteiger partial charge in [-0.25, -0.2) is 9.50 Å². The van der Waals surface area contributed by atoms with Crippen molar-refractivity contribution in [3.05, 3.63) is 36.0 Å². The van der Waals surface area contributed by atoms with Crippen molar-refractivity contribution in [2.45, 2.75) is 19.8 Å². The van der Waals surface area contributed by atoms with Crippen LogP contribution in [0.3, 0.4) is 0 Å². The largest absolute Gasteiger partial charge is 0.379 e. The molecule has 0 radical (unpaired) electrons. The Balaban J connectivity index is 1.12. The van der Waals surface area contributed by atoms with Crippen LogP contribution >= 0.6 is 11.3 Å². The molecule has 2 aliphatic heterocycles. The molecule has 2 saturated heterocycles. The maximum absolute atomic E-state index is 12.6. The number of fused-ring (bicyclic) bond motifs is 1. The number of anilines is 1. The molecule has 8 nitrogen and oxygen atoms in total. The van der Waals surface area contributed by atoms with Crippen molar-refractivity contribution in [1.29, 1.82) is 0 Å². The third kappa shape index (κ3) is 4.79. The van der Waals surface area contributed by atoms with E-state index in [9.17, 15) is 4.79 Å². The van der Waals surface area contributed by atoms with Gasteiger partial charge in [-0.15, -0.1) is 5.10 Å². The zero-order chi connectivity index (χ0) is 21.9. The van der Waals surface area contributed by atoms with Gasteiger partial charge in [0.25, 0.3) is 0 Å². The Kier molecular flexibility index (Phi) is 6.38. The van der Waals surface area contributed by atoms with E-state index in [1.54, 1.807) is 11.3 Å². The number of piperidine rings is 1. The Bertz CT molecular complexity index is 1020. The maximum atomic E-state index is 12.6. The Morgan fingerprint density at radius 1 is 1.16 bits per heavy atom. The van der Waals surface area contributed by atoms with Gasteiger partial charge in [0.05, 0.1) is 25.1 Å². The molecule has 32 heavy (non-hydrogen) atoms. The Labute approximate surface area is 192 Å². The van der Waals surface area contributed by atoms with E-state index in [4.69, 9.17) is 14.8 Å². The van der Waals surface area contributed by atoms with E-state index in [1.807, 2.05) is 10.7 Å². The minimum Gasteiger partial charge on any atom is -0.379 e. The lowest BCUT2D eigenvalue weighted by molar-refractivity contribution is -0.125. The molecule has 3 aromatic rings. The van der Waals surface area contributed by atoms with Crippen LogP contribution in [0.1, 0.15) is 18.4 Å². The summed E-state index contributed by atoms with van der Waals surface area (Å²) >= 11 is 1.61. The number of ether oxygens (including phenoxy) is 1. The first-order valence-corrected chi connectivity index (χ1v) is 12.2. The number of rotatable bonds is 6. The molecule has 170 valence electrons. The zero-order valence-corrected chi connectivity index (χ0v) is 19.3. The number of hydrogen-bond donors (Lipinski definition) is 1. The summed E-state index contributed by atoms with van der Waals surface area (Å²) in [5, 5.41) is 8.86. The van der Waals surface area contributed by atoms with Crippen LogP contribution in [0.5, 0.6) is 0 Å². The van der Waals surface area contributed by atoms with Crippen molar-refractivity contribution < 1.29 is 9.53 Å². The van der Waals surface area contributed by atoms with Crippen LogP contribution in [-0.4, -0.2) is 77.9 Å². The number of amides is 1. The molecule has 0 spiro atoms. The number of benzene rings is 1. The third-order valence-corrected chi connectivity index (χ3v) is 7.33. The summed E-state index contributed by atoms with van der Waals surface area (Å²) in [5.41, 5.74) is 3.29. The number of carbonyl (C=O) groups excluding carboxylic acids is 1. The van der Waals surface area contributed by atoms with Crippen LogP contribution in [0.2, 0.25) is 0 Å². The summed E-state index contributed by atoms with van der Waals surface area (Å²) in [4.78, 5) is 22.9. The second kappa shape index (κ2) is 9.56. The molecule has 5 rings (SSSR count). The number of nitrogens with zero attached hydrogens (tertiary/aromatic N) is 5. The fourth-order valence-corrected chi connectivity index (χ4v) is 5.25. The van der Waals surface area contributed by atoms with E-state index in [2.05, 4.69) is 46.3 Å². The first-order valence-electron chi connectivity index (χ1n) is 11.4. The lowest BCUT2D eigenvalue weighted by Gasteiger charge is -2.31. The molecule has 1 N–H and O–H groups in total. The predicted octanol–water partition coefficient (Wildman–Crippen LogP) is 2.43. The van der Waals surface area contributed by atoms with Gasteiger partial charge in [0, 0.05) is 50.7 Å². The summed E-state index contributed by atoms with van der Waals surface area (Å²) in [7, 11) is 0. The third-order valence-electron chi connectivity index (χ3n) is 6.35. The molecule has 2 aromatic heterocycles. The smallest absolute Gasteiger partial charge is 0.223 e. The summed E-state index contributed by atoms with van der Waals surface area (Å²) in [6, 6.07) is 8.40. The number of morpholine rings is 1. The first-order chi connectivity index (χ1) is 15.7. The van der Waals surface area contributed by atoms with Gasteiger partial charge in [0.2, 0.25) is 16.0 Å². The molecule has 1 amide bonds. The minimum atomic E-state index is 0.0909. The van der Waals surface area contributed by atoms with Crippen LogP contribution in [0, 0.1) is 12.8 Å². The zero-order valence-electron chi connectivity index (χ0n) is 18.5. The van der Waals surface area contributed by atoms with E-state index in [-0.39, 0.29) is 11.8 Å². The van der Waals surface area contributed by atoms with E-state index in [1.165, 1.54) is 5.56 Å². The second-order valence-electron chi connectivity index (χ2n) is 8.61. The van der Waals surface area contributed by atoms with Gasteiger partial charge in [-0.2, -0.15) is 0 Å². The van der Waals surface area contributed by atoms with Gasteiger partial charge in [-0.1, -0.05) is 41.2 Å². The second-order valence-corrected chi connectivity index (χ2v) is 9.54. The number of nitrogens with one attached hydrogen (secondary N) is 1. The normalized spacial score (nSPS) is 18.3. The van der Waals surface area contributed by atoms with Crippen LogP contribution in [0.4, 0.5) is 5.13 Å². The van der Waals surface area contributed by atoms with Crippen molar-refractivity contribution in [2.75, 3.05) is 57.4 Å². The Hall–Kier alpha value is -2.49. The quantitative estimate of drug-likeness (QED) is 0.617. The minimum absolute atomic E-state index is 0.0909. The molecule has 9 heteroatoms. The molecule has 0 atom stereocenters. The van der Waals surface area contributed by atoms with Gasteiger partial charge in [-0.05, 0) is 19.8 Å². The standard InChI is InChI=1S/C23H30N6O2S/c1-17-2-4-18(5-3-17)20-16-29-22(25-20)32-23(26-29)28-9-6-19(7-10-28)21(30)24-8-11-27-12-14-31-15-13-27/h2-5,16,19H,6-15H2,1H3,(H,24,30).